The fourth-order valence-corrected chi connectivity index (χ4v) is 4.15. The first-order valence-corrected chi connectivity index (χ1v) is 9.91. The van der Waals surface area contributed by atoms with Crippen LogP contribution in [0.4, 0.5) is 0 Å². The molecule has 0 aliphatic rings. The van der Waals surface area contributed by atoms with E-state index in [1.54, 1.807) is 24.7 Å². The lowest BCUT2D eigenvalue weighted by Crippen LogP contribution is -2.09. The summed E-state index contributed by atoms with van der Waals surface area (Å²) in [4.78, 5) is 25.1. The summed E-state index contributed by atoms with van der Waals surface area (Å²) in [7, 11) is 0. The number of nitrogens with zero attached hydrogens (tertiary/aromatic N) is 3. The number of imidazole rings is 1. The van der Waals surface area contributed by atoms with E-state index in [0.717, 1.165) is 11.1 Å². The van der Waals surface area contributed by atoms with Crippen LogP contribution in [0.25, 0.3) is 0 Å². The predicted octanol–water partition coefficient (Wildman–Crippen LogP) is 5.47. The molecule has 152 valence electrons. The highest BCUT2D eigenvalue weighted by atomic mass is 35.5. The summed E-state index contributed by atoms with van der Waals surface area (Å²) < 4.78 is 1.94. The summed E-state index contributed by atoms with van der Waals surface area (Å²) in [5.41, 5.74) is 2.68. The van der Waals surface area contributed by atoms with Gasteiger partial charge in [-0.25, -0.2) is 4.98 Å². The van der Waals surface area contributed by atoms with Crippen molar-refractivity contribution in [2.45, 2.75) is 18.7 Å². The molecule has 0 radical (unpaired) electrons. The van der Waals surface area contributed by atoms with Crippen LogP contribution in [0.1, 0.15) is 26.7 Å². The summed E-state index contributed by atoms with van der Waals surface area (Å²) in [6.45, 7) is 2.58. The number of thioether (sulfide) groups is 1. The van der Waals surface area contributed by atoms with E-state index in [0.29, 0.717) is 22.2 Å². The summed E-state index contributed by atoms with van der Waals surface area (Å²) in [5, 5.41) is 14.6. The Hall–Kier alpha value is -2.55. The van der Waals surface area contributed by atoms with Gasteiger partial charge < -0.3 is 9.77 Å². The molecule has 1 aromatic heterocycles. The van der Waals surface area contributed by atoms with Crippen molar-refractivity contribution >= 4 is 40.1 Å². The second-order valence-electron chi connectivity index (χ2n) is 5.92. The van der Waals surface area contributed by atoms with Crippen molar-refractivity contribution in [3.63, 3.8) is 0 Å². The molecule has 2 aromatic carbocycles. The number of benzene rings is 2. The minimum Gasteiger partial charge on any atom is -0.336 e. The smallest absolute Gasteiger partial charge is 0.291 e. The number of carbonyl (C=O) groups is 1. The number of aromatic nitrogens is 2. The molecule has 10 heteroatoms. The van der Waals surface area contributed by atoms with Crippen LogP contribution in [-0.4, -0.2) is 25.0 Å². The summed E-state index contributed by atoms with van der Waals surface area (Å²) in [6, 6.07) is 12.9. The van der Waals surface area contributed by atoms with Crippen LogP contribution in [0.2, 0.25) is 10.0 Å². The van der Waals surface area contributed by atoms with Gasteiger partial charge in [0.2, 0.25) is 5.12 Å². The zero-order valence-electron chi connectivity index (χ0n) is 15.2. The van der Waals surface area contributed by atoms with Gasteiger partial charge in [-0.3, -0.25) is 4.79 Å². The average molecular weight is 454 g/mol. The maximum atomic E-state index is 12.7. The minimum atomic E-state index is -1.50. The van der Waals surface area contributed by atoms with E-state index < -0.39 is 5.09 Å². The SMILES string of the molecule is Cc1ccc(C(=O)SC(Cn2ccnc2)c2ccc(Cl)cc2Cl)cc1.O=[N+]([O-])O. The largest absolute Gasteiger partial charge is 0.336 e. The van der Waals surface area contributed by atoms with E-state index in [9.17, 15) is 4.79 Å². The molecule has 1 N–H and O–H groups in total. The van der Waals surface area contributed by atoms with Crippen molar-refractivity contribution in [2.75, 3.05) is 0 Å². The van der Waals surface area contributed by atoms with Crippen LogP contribution in [0.3, 0.4) is 0 Å². The lowest BCUT2D eigenvalue weighted by atomic mass is 10.1. The van der Waals surface area contributed by atoms with Gasteiger partial charge >= 0.3 is 0 Å². The van der Waals surface area contributed by atoms with Crippen LogP contribution in [-0.2, 0) is 6.54 Å². The van der Waals surface area contributed by atoms with Crippen LogP contribution in [0.15, 0.2) is 61.2 Å². The molecule has 1 heterocycles. The first-order valence-electron chi connectivity index (χ1n) is 8.28. The third kappa shape index (κ3) is 7.41. The molecule has 0 aliphatic heterocycles. The first kappa shape index (κ1) is 22.7. The first-order chi connectivity index (χ1) is 13.8. The highest BCUT2D eigenvalue weighted by Crippen LogP contribution is 2.38. The van der Waals surface area contributed by atoms with Gasteiger partial charge in [-0.15, -0.1) is 10.1 Å². The Labute approximate surface area is 181 Å². The van der Waals surface area contributed by atoms with Gasteiger partial charge in [0.15, 0.2) is 0 Å². The van der Waals surface area contributed by atoms with E-state index >= 15 is 0 Å². The Morgan fingerprint density at radius 3 is 2.48 bits per heavy atom. The highest BCUT2D eigenvalue weighted by molar-refractivity contribution is 8.14. The van der Waals surface area contributed by atoms with Crippen LogP contribution in [0, 0.1) is 17.0 Å². The fraction of sp³-hybridized carbons (Fsp3) is 0.158. The van der Waals surface area contributed by atoms with Gasteiger partial charge in [0.25, 0.3) is 5.09 Å². The second-order valence-corrected chi connectivity index (χ2v) is 7.94. The normalized spacial score (nSPS) is 11.3. The predicted molar refractivity (Wildman–Crippen MR) is 113 cm³/mol. The molecule has 1 atom stereocenters. The maximum absolute atomic E-state index is 12.7. The van der Waals surface area contributed by atoms with Gasteiger partial charge in [-0.2, -0.15) is 0 Å². The molecule has 0 saturated heterocycles. The Kier molecular flexibility index (Phi) is 8.50. The topological polar surface area (TPSA) is 98.3 Å². The van der Waals surface area contributed by atoms with Gasteiger partial charge in [-0.1, -0.05) is 70.9 Å². The average Bonchev–Trinajstić information content (AvgIpc) is 3.14. The molecule has 0 fully saturated rings. The lowest BCUT2D eigenvalue weighted by Gasteiger charge is -2.18. The Morgan fingerprint density at radius 2 is 1.93 bits per heavy atom. The summed E-state index contributed by atoms with van der Waals surface area (Å²) in [5.74, 6) is 0. The Bertz CT molecular complexity index is 962. The third-order valence-corrected chi connectivity index (χ3v) is 5.48. The van der Waals surface area contributed by atoms with Gasteiger partial charge in [0.05, 0.1) is 11.6 Å². The van der Waals surface area contributed by atoms with Crippen molar-refractivity contribution in [1.82, 2.24) is 9.55 Å². The molecule has 7 nitrogen and oxygen atoms in total. The van der Waals surface area contributed by atoms with E-state index in [1.165, 1.54) is 11.8 Å². The monoisotopic (exact) mass is 453 g/mol. The number of rotatable bonds is 5. The molecule has 3 rings (SSSR count). The third-order valence-electron chi connectivity index (χ3n) is 3.78. The van der Waals surface area contributed by atoms with Crippen LogP contribution >= 0.6 is 35.0 Å². The summed E-state index contributed by atoms with van der Waals surface area (Å²) >= 11 is 13.6. The van der Waals surface area contributed by atoms with Crippen LogP contribution in [0.5, 0.6) is 0 Å². The van der Waals surface area contributed by atoms with E-state index in [1.807, 2.05) is 48.0 Å². The number of hydrogen-bond acceptors (Lipinski definition) is 5. The van der Waals surface area contributed by atoms with Crippen molar-refractivity contribution in [1.29, 1.82) is 0 Å². The van der Waals surface area contributed by atoms with E-state index in [4.69, 9.17) is 38.5 Å². The van der Waals surface area contributed by atoms with Gasteiger partial charge in [-0.05, 0) is 24.6 Å². The molecule has 3 aromatic rings. The Balaban J connectivity index is 0.000000687. The molecular weight excluding hydrogens is 437 g/mol. The van der Waals surface area contributed by atoms with Crippen LogP contribution < -0.4 is 0 Å². The lowest BCUT2D eigenvalue weighted by molar-refractivity contribution is -0.742. The molecule has 0 amide bonds. The fourth-order valence-electron chi connectivity index (χ4n) is 2.43. The highest BCUT2D eigenvalue weighted by Gasteiger charge is 2.21. The molecular formula is C19H17Cl2N3O4S. The zero-order chi connectivity index (χ0) is 21.4. The number of hydrogen-bond donors (Lipinski definition) is 1. The van der Waals surface area contributed by atoms with Crippen molar-refractivity contribution < 1.29 is 15.1 Å². The van der Waals surface area contributed by atoms with E-state index in [-0.39, 0.29) is 10.4 Å². The standard InChI is InChI=1S/C19H16Cl2N2OS.HNO3/c1-13-2-4-14(5-3-13)19(24)25-18(11-23-9-8-22-12-23)16-7-6-15(20)10-17(16)21;2-1(3)4/h2-10,12,18H,11H2,1H3;(H,2,3,4). The quantitative estimate of drug-likeness (QED) is 0.406. The Morgan fingerprint density at radius 1 is 1.28 bits per heavy atom. The minimum absolute atomic E-state index is 0.0103. The summed E-state index contributed by atoms with van der Waals surface area (Å²) in [6.07, 6.45) is 5.31. The number of carbonyl (C=O) groups excluding carboxylic acids is 1. The molecule has 0 bridgehead atoms. The maximum Gasteiger partial charge on any atom is 0.291 e. The molecule has 0 aliphatic carbocycles. The second kappa shape index (κ2) is 10.8. The van der Waals surface area contributed by atoms with Crippen molar-refractivity contribution in [3.8, 4) is 0 Å². The van der Waals surface area contributed by atoms with Gasteiger partial charge in [0.1, 0.15) is 0 Å². The number of halogens is 2. The molecule has 0 saturated carbocycles. The van der Waals surface area contributed by atoms with Crippen molar-refractivity contribution in [2.24, 2.45) is 0 Å². The molecule has 1 unspecified atom stereocenters. The van der Waals surface area contributed by atoms with Crippen molar-refractivity contribution in [3.05, 3.63) is 98.0 Å². The molecule has 29 heavy (non-hydrogen) atoms. The zero-order valence-corrected chi connectivity index (χ0v) is 17.6. The van der Waals surface area contributed by atoms with Gasteiger partial charge in [0, 0.05) is 34.5 Å². The molecule has 0 spiro atoms. The van der Waals surface area contributed by atoms with E-state index in [2.05, 4.69) is 4.98 Å². The number of aryl methyl sites for hydroxylation is 1.